The molecule has 0 atom stereocenters. The molecule has 4 heteroatoms. The Kier molecular flexibility index (Phi) is 3.74. The molecular formula is C18H14O4. The normalized spacial score (nSPS) is 11.3. The van der Waals surface area contributed by atoms with E-state index in [1.54, 1.807) is 19.1 Å². The maximum absolute atomic E-state index is 12.0. The predicted molar refractivity (Wildman–Crippen MR) is 85.7 cm³/mol. The van der Waals surface area contributed by atoms with Gasteiger partial charge in [-0.1, -0.05) is 30.3 Å². The zero-order valence-corrected chi connectivity index (χ0v) is 12.0. The Balaban J connectivity index is 2.15. The third kappa shape index (κ3) is 2.63. The highest BCUT2D eigenvalue weighted by Crippen LogP contribution is 2.25. The van der Waals surface area contributed by atoms with Gasteiger partial charge in [0.15, 0.2) is 0 Å². The number of carbonyl (C=O) groups is 1. The van der Waals surface area contributed by atoms with Gasteiger partial charge in [0.05, 0.1) is 12.2 Å². The van der Waals surface area contributed by atoms with Gasteiger partial charge in [0.1, 0.15) is 5.58 Å². The molecule has 0 saturated carbocycles. The molecule has 0 unspecified atom stereocenters. The van der Waals surface area contributed by atoms with Crippen LogP contribution in [0.15, 0.2) is 57.8 Å². The van der Waals surface area contributed by atoms with Crippen LogP contribution in [0.4, 0.5) is 0 Å². The van der Waals surface area contributed by atoms with Gasteiger partial charge in [0, 0.05) is 11.5 Å². The summed E-state index contributed by atoms with van der Waals surface area (Å²) in [6, 6.07) is 13.3. The number of benzene rings is 2. The van der Waals surface area contributed by atoms with Crippen LogP contribution in [0.1, 0.15) is 12.5 Å². The van der Waals surface area contributed by atoms with Crippen LogP contribution in [0.2, 0.25) is 0 Å². The zero-order valence-electron chi connectivity index (χ0n) is 12.0. The molecule has 0 bridgehead atoms. The van der Waals surface area contributed by atoms with E-state index >= 15 is 0 Å². The molecule has 3 rings (SSSR count). The maximum atomic E-state index is 12.0. The van der Waals surface area contributed by atoms with Crippen molar-refractivity contribution in [3.05, 3.63) is 64.5 Å². The fourth-order valence-electron chi connectivity index (χ4n) is 2.35. The Hall–Kier alpha value is -2.88. The van der Waals surface area contributed by atoms with Crippen molar-refractivity contribution in [1.82, 2.24) is 0 Å². The third-order valence-corrected chi connectivity index (χ3v) is 3.35. The van der Waals surface area contributed by atoms with Crippen molar-refractivity contribution in [2.24, 2.45) is 0 Å². The van der Waals surface area contributed by atoms with Crippen molar-refractivity contribution in [1.29, 1.82) is 0 Å². The lowest BCUT2D eigenvalue weighted by molar-refractivity contribution is -0.137. The Morgan fingerprint density at radius 1 is 1.18 bits per heavy atom. The average Bonchev–Trinajstić information content (AvgIpc) is 2.53. The van der Waals surface area contributed by atoms with Gasteiger partial charge >= 0.3 is 11.6 Å². The highest BCUT2D eigenvalue weighted by Gasteiger charge is 2.06. The van der Waals surface area contributed by atoms with E-state index in [9.17, 15) is 9.59 Å². The minimum absolute atomic E-state index is 0.292. The van der Waals surface area contributed by atoms with Gasteiger partial charge in [-0.25, -0.2) is 9.59 Å². The van der Waals surface area contributed by atoms with Crippen molar-refractivity contribution in [3.8, 4) is 0 Å². The molecule has 2 aromatic carbocycles. The predicted octanol–water partition coefficient (Wildman–Crippen LogP) is 3.52. The number of fused-ring (bicyclic) bond motifs is 3. The third-order valence-electron chi connectivity index (χ3n) is 3.35. The molecule has 110 valence electrons. The van der Waals surface area contributed by atoms with Gasteiger partial charge in [-0.15, -0.1) is 0 Å². The summed E-state index contributed by atoms with van der Waals surface area (Å²) in [4.78, 5) is 23.3. The van der Waals surface area contributed by atoms with Crippen LogP contribution in [0.25, 0.3) is 27.8 Å². The Morgan fingerprint density at radius 2 is 2.00 bits per heavy atom. The van der Waals surface area contributed by atoms with E-state index in [2.05, 4.69) is 0 Å². The molecule has 3 aromatic rings. The first kappa shape index (κ1) is 14.1. The van der Waals surface area contributed by atoms with Crippen LogP contribution >= 0.6 is 0 Å². The average molecular weight is 294 g/mol. The molecule has 0 saturated heterocycles. The quantitative estimate of drug-likeness (QED) is 0.321. The minimum Gasteiger partial charge on any atom is -0.463 e. The largest absolute Gasteiger partial charge is 0.463 e. The van der Waals surface area contributed by atoms with Gasteiger partial charge in [-0.05, 0) is 35.9 Å². The van der Waals surface area contributed by atoms with Crippen LogP contribution in [0.3, 0.4) is 0 Å². The number of hydrogen-bond acceptors (Lipinski definition) is 4. The van der Waals surface area contributed by atoms with Gasteiger partial charge in [0.25, 0.3) is 0 Å². The summed E-state index contributed by atoms with van der Waals surface area (Å²) in [5.74, 6) is -0.486. The van der Waals surface area contributed by atoms with Crippen molar-refractivity contribution < 1.29 is 13.9 Å². The second-order valence-electron chi connectivity index (χ2n) is 4.77. The SMILES string of the molecule is CCOC(=O)/C=C/c1cc2c(ccc3ccccc32)oc1=O. The van der Waals surface area contributed by atoms with Crippen LogP contribution < -0.4 is 5.63 Å². The number of esters is 1. The highest BCUT2D eigenvalue weighted by atomic mass is 16.5. The van der Waals surface area contributed by atoms with E-state index in [-0.39, 0.29) is 0 Å². The summed E-state index contributed by atoms with van der Waals surface area (Å²) in [5, 5.41) is 2.89. The second-order valence-corrected chi connectivity index (χ2v) is 4.77. The van der Waals surface area contributed by atoms with E-state index in [1.165, 1.54) is 12.2 Å². The lowest BCUT2D eigenvalue weighted by atomic mass is 10.0. The van der Waals surface area contributed by atoms with Gasteiger partial charge in [-0.2, -0.15) is 0 Å². The van der Waals surface area contributed by atoms with Crippen LogP contribution in [0.5, 0.6) is 0 Å². The lowest BCUT2D eigenvalue weighted by Crippen LogP contribution is -2.04. The van der Waals surface area contributed by atoms with Gasteiger partial charge in [0.2, 0.25) is 0 Å². The summed E-state index contributed by atoms with van der Waals surface area (Å²) >= 11 is 0. The lowest BCUT2D eigenvalue weighted by Gasteiger charge is -2.03. The molecule has 0 aliphatic carbocycles. The van der Waals surface area contributed by atoms with Crippen molar-refractivity contribution >= 4 is 33.8 Å². The molecule has 0 fully saturated rings. The van der Waals surface area contributed by atoms with Crippen molar-refractivity contribution in [2.45, 2.75) is 6.92 Å². The summed E-state index contributed by atoms with van der Waals surface area (Å²) in [6.07, 6.45) is 2.65. The first-order chi connectivity index (χ1) is 10.7. The summed E-state index contributed by atoms with van der Waals surface area (Å²) in [5.41, 5.74) is 0.359. The number of carbonyl (C=O) groups excluding carboxylic acids is 1. The molecule has 0 aliphatic heterocycles. The van der Waals surface area contributed by atoms with E-state index in [0.29, 0.717) is 17.8 Å². The second kappa shape index (κ2) is 5.85. The number of hydrogen-bond donors (Lipinski definition) is 0. The first-order valence-electron chi connectivity index (χ1n) is 6.99. The molecule has 1 aromatic heterocycles. The molecule has 0 aliphatic rings. The van der Waals surface area contributed by atoms with Crippen molar-refractivity contribution in [2.75, 3.05) is 6.61 Å². The maximum Gasteiger partial charge on any atom is 0.343 e. The fourth-order valence-corrected chi connectivity index (χ4v) is 2.35. The van der Waals surface area contributed by atoms with Crippen LogP contribution in [0, 0.1) is 0 Å². The van der Waals surface area contributed by atoms with Crippen LogP contribution in [-0.2, 0) is 9.53 Å². The van der Waals surface area contributed by atoms with E-state index in [0.717, 1.165) is 16.2 Å². The minimum atomic E-state index is -0.486. The smallest absolute Gasteiger partial charge is 0.343 e. The van der Waals surface area contributed by atoms with Crippen LogP contribution in [-0.4, -0.2) is 12.6 Å². The van der Waals surface area contributed by atoms with E-state index in [4.69, 9.17) is 9.15 Å². The Labute approximate surface area is 126 Å². The summed E-state index contributed by atoms with van der Waals surface area (Å²) < 4.78 is 10.1. The van der Waals surface area contributed by atoms with E-state index in [1.807, 2.05) is 30.3 Å². The van der Waals surface area contributed by atoms with E-state index < -0.39 is 11.6 Å². The Bertz CT molecular complexity index is 935. The van der Waals surface area contributed by atoms with Crippen molar-refractivity contribution in [3.63, 3.8) is 0 Å². The highest BCUT2D eigenvalue weighted by molar-refractivity contribution is 6.06. The molecule has 1 heterocycles. The molecule has 0 amide bonds. The molecule has 0 radical (unpaired) electrons. The monoisotopic (exact) mass is 294 g/mol. The molecule has 0 N–H and O–H groups in total. The standard InChI is InChI=1S/C18H14O4/c1-2-21-17(19)10-8-13-11-15-14-6-4-3-5-12(14)7-9-16(15)22-18(13)20/h3-11H,2H2,1H3/b10-8+. The summed E-state index contributed by atoms with van der Waals surface area (Å²) in [6.45, 7) is 2.02. The fraction of sp³-hybridized carbons (Fsp3) is 0.111. The molecule has 4 nitrogen and oxygen atoms in total. The van der Waals surface area contributed by atoms with Gasteiger partial charge < -0.3 is 9.15 Å². The Morgan fingerprint density at radius 3 is 2.82 bits per heavy atom. The zero-order chi connectivity index (χ0) is 15.5. The number of rotatable bonds is 3. The first-order valence-corrected chi connectivity index (χ1v) is 6.99. The molecular weight excluding hydrogens is 280 g/mol. The number of ether oxygens (including phenoxy) is 1. The summed E-state index contributed by atoms with van der Waals surface area (Å²) in [7, 11) is 0. The van der Waals surface area contributed by atoms with Gasteiger partial charge in [-0.3, -0.25) is 0 Å². The topological polar surface area (TPSA) is 56.5 Å². The molecule has 22 heavy (non-hydrogen) atoms. The molecule has 0 spiro atoms.